The number of nitrogens with one attached hydrogen (secondary N) is 1. The van der Waals surface area contributed by atoms with Crippen molar-refractivity contribution in [2.75, 3.05) is 32.8 Å². The second-order valence-corrected chi connectivity index (χ2v) is 7.21. The summed E-state index contributed by atoms with van der Waals surface area (Å²) >= 11 is 0. The molecule has 21 heavy (non-hydrogen) atoms. The molecule has 2 atom stereocenters. The lowest BCUT2D eigenvalue weighted by Gasteiger charge is -2.47. The van der Waals surface area contributed by atoms with Crippen LogP contribution in [0.25, 0.3) is 0 Å². The number of hydrogen-bond donors (Lipinski definition) is 1. The average molecular weight is 288 g/mol. The minimum Gasteiger partial charge on any atom is -0.381 e. The summed E-state index contributed by atoms with van der Waals surface area (Å²) in [5, 5.41) is 3.74. The minimum atomic E-state index is 0.246. The van der Waals surface area contributed by atoms with Crippen LogP contribution in [0.4, 0.5) is 0 Å². The van der Waals surface area contributed by atoms with E-state index in [2.05, 4.69) is 54.4 Å². The molecule has 1 aromatic rings. The highest BCUT2D eigenvalue weighted by Gasteiger charge is 2.35. The monoisotopic (exact) mass is 288 g/mol. The molecule has 0 bridgehead atoms. The molecule has 2 heterocycles. The smallest absolute Gasteiger partial charge is 0.0507 e. The highest BCUT2D eigenvalue weighted by atomic mass is 16.5. The number of benzene rings is 1. The Morgan fingerprint density at radius 3 is 2.81 bits per heavy atom. The summed E-state index contributed by atoms with van der Waals surface area (Å²) in [5.74, 6) is 0.722. The molecule has 116 valence electrons. The van der Waals surface area contributed by atoms with Gasteiger partial charge in [-0.1, -0.05) is 30.3 Å². The van der Waals surface area contributed by atoms with Crippen molar-refractivity contribution >= 4 is 0 Å². The molecule has 2 aliphatic rings. The van der Waals surface area contributed by atoms with E-state index in [1.54, 1.807) is 0 Å². The van der Waals surface area contributed by atoms with Gasteiger partial charge < -0.3 is 10.1 Å². The molecule has 0 saturated carbocycles. The molecule has 2 aliphatic heterocycles. The second-order valence-electron chi connectivity index (χ2n) is 7.21. The third-order valence-corrected chi connectivity index (χ3v) is 4.95. The SMILES string of the molecule is CC1(C)CNC(Cc2ccccc2)CN1CC1CCOC1. The van der Waals surface area contributed by atoms with Crippen molar-refractivity contribution < 1.29 is 4.74 Å². The third-order valence-electron chi connectivity index (χ3n) is 4.95. The highest BCUT2D eigenvalue weighted by Crippen LogP contribution is 2.24. The summed E-state index contributed by atoms with van der Waals surface area (Å²) < 4.78 is 5.55. The van der Waals surface area contributed by atoms with Gasteiger partial charge in [0.15, 0.2) is 0 Å². The number of nitrogens with zero attached hydrogens (tertiary/aromatic N) is 1. The van der Waals surface area contributed by atoms with Crippen LogP contribution in [-0.2, 0) is 11.2 Å². The van der Waals surface area contributed by atoms with Gasteiger partial charge >= 0.3 is 0 Å². The molecule has 0 aromatic heterocycles. The fourth-order valence-corrected chi connectivity index (χ4v) is 3.48. The molecule has 0 amide bonds. The van der Waals surface area contributed by atoms with Gasteiger partial charge in [0, 0.05) is 37.8 Å². The van der Waals surface area contributed by atoms with Gasteiger partial charge in [0.05, 0.1) is 6.61 Å². The lowest BCUT2D eigenvalue weighted by atomic mass is 9.93. The van der Waals surface area contributed by atoms with E-state index in [0.717, 1.165) is 38.6 Å². The Balaban J connectivity index is 1.60. The maximum Gasteiger partial charge on any atom is 0.0507 e. The van der Waals surface area contributed by atoms with Crippen molar-refractivity contribution in [3.63, 3.8) is 0 Å². The predicted molar refractivity (Wildman–Crippen MR) is 86.5 cm³/mol. The van der Waals surface area contributed by atoms with Crippen LogP contribution >= 0.6 is 0 Å². The Morgan fingerprint density at radius 1 is 1.29 bits per heavy atom. The molecule has 2 unspecified atom stereocenters. The topological polar surface area (TPSA) is 24.5 Å². The quantitative estimate of drug-likeness (QED) is 0.920. The van der Waals surface area contributed by atoms with Crippen LogP contribution in [0.15, 0.2) is 30.3 Å². The van der Waals surface area contributed by atoms with Crippen molar-refractivity contribution in [2.24, 2.45) is 5.92 Å². The maximum absolute atomic E-state index is 5.55. The van der Waals surface area contributed by atoms with Gasteiger partial charge in [0.25, 0.3) is 0 Å². The fourth-order valence-electron chi connectivity index (χ4n) is 3.48. The van der Waals surface area contributed by atoms with E-state index >= 15 is 0 Å². The zero-order valence-corrected chi connectivity index (χ0v) is 13.3. The van der Waals surface area contributed by atoms with Crippen molar-refractivity contribution in [3.8, 4) is 0 Å². The van der Waals surface area contributed by atoms with Crippen LogP contribution in [0.1, 0.15) is 25.8 Å². The Morgan fingerprint density at radius 2 is 2.10 bits per heavy atom. The van der Waals surface area contributed by atoms with Gasteiger partial charge in [0.1, 0.15) is 0 Å². The van der Waals surface area contributed by atoms with Crippen LogP contribution in [0.3, 0.4) is 0 Å². The standard InChI is InChI=1S/C18H28N2O/c1-18(2)14-19-17(10-15-6-4-3-5-7-15)12-20(18)11-16-8-9-21-13-16/h3-7,16-17,19H,8-14H2,1-2H3. The molecule has 3 rings (SSSR count). The predicted octanol–water partition coefficient (Wildman–Crippen LogP) is 2.32. The molecule has 2 fully saturated rings. The summed E-state index contributed by atoms with van der Waals surface area (Å²) in [7, 11) is 0. The number of hydrogen-bond acceptors (Lipinski definition) is 3. The van der Waals surface area contributed by atoms with E-state index in [1.165, 1.54) is 18.5 Å². The van der Waals surface area contributed by atoms with Crippen LogP contribution in [0, 0.1) is 5.92 Å². The van der Waals surface area contributed by atoms with Gasteiger partial charge in [0.2, 0.25) is 0 Å². The summed E-state index contributed by atoms with van der Waals surface area (Å²) in [6, 6.07) is 11.4. The molecule has 3 nitrogen and oxygen atoms in total. The van der Waals surface area contributed by atoms with Crippen LogP contribution in [-0.4, -0.2) is 49.3 Å². The zero-order valence-electron chi connectivity index (χ0n) is 13.3. The Kier molecular flexibility index (Phi) is 4.63. The second kappa shape index (κ2) is 6.47. The first-order valence-electron chi connectivity index (χ1n) is 8.23. The lowest BCUT2D eigenvalue weighted by molar-refractivity contribution is 0.0479. The Bertz CT molecular complexity index is 440. The largest absolute Gasteiger partial charge is 0.381 e. The van der Waals surface area contributed by atoms with Gasteiger partial charge in [-0.2, -0.15) is 0 Å². The first-order valence-corrected chi connectivity index (χ1v) is 8.23. The molecule has 3 heteroatoms. The number of rotatable bonds is 4. The fraction of sp³-hybridized carbons (Fsp3) is 0.667. The van der Waals surface area contributed by atoms with E-state index < -0.39 is 0 Å². The van der Waals surface area contributed by atoms with Crippen molar-refractivity contribution in [1.29, 1.82) is 0 Å². The molecule has 0 radical (unpaired) electrons. The van der Waals surface area contributed by atoms with Crippen molar-refractivity contribution in [3.05, 3.63) is 35.9 Å². The van der Waals surface area contributed by atoms with Crippen LogP contribution in [0.2, 0.25) is 0 Å². The van der Waals surface area contributed by atoms with Crippen molar-refractivity contribution in [2.45, 2.75) is 38.3 Å². The summed E-state index contributed by atoms with van der Waals surface area (Å²) in [6.07, 6.45) is 2.35. The molecule has 2 saturated heterocycles. The Hall–Kier alpha value is -0.900. The number of piperazine rings is 1. The third kappa shape index (κ3) is 3.85. The summed E-state index contributed by atoms with van der Waals surface area (Å²) in [5.41, 5.74) is 1.68. The highest BCUT2D eigenvalue weighted by molar-refractivity contribution is 5.16. The summed E-state index contributed by atoms with van der Waals surface area (Å²) in [4.78, 5) is 2.68. The maximum atomic E-state index is 5.55. The first kappa shape index (κ1) is 15.0. The van der Waals surface area contributed by atoms with Gasteiger partial charge in [-0.3, -0.25) is 4.90 Å². The molecular formula is C18H28N2O. The minimum absolute atomic E-state index is 0.246. The molecular weight excluding hydrogens is 260 g/mol. The molecule has 1 aromatic carbocycles. The van der Waals surface area contributed by atoms with E-state index in [9.17, 15) is 0 Å². The average Bonchev–Trinajstić information content (AvgIpc) is 2.97. The van der Waals surface area contributed by atoms with Gasteiger partial charge in [-0.25, -0.2) is 0 Å². The van der Waals surface area contributed by atoms with Crippen LogP contribution in [0.5, 0.6) is 0 Å². The lowest BCUT2D eigenvalue weighted by Crippen LogP contribution is -2.63. The zero-order chi connectivity index (χ0) is 14.7. The normalized spacial score (nSPS) is 29.6. The number of ether oxygens (including phenoxy) is 1. The first-order chi connectivity index (χ1) is 10.1. The Labute approximate surface area is 128 Å². The summed E-state index contributed by atoms with van der Waals surface area (Å²) in [6.45, 7) is 9.99. The van der Waals surface area contributed by atoms with E-state index in [1.807, 2.05) is 0 Å². The van der Waals surface area contributed by atoms with E-state index in [4.69, 9.17) is 4.74 Å². The molecule has 1 N–H and O–H groups in total. The van der Waals surface area contributed by atoms with Gasteiger partial charge in [-0.15, -0.1) is 0 Å². The van der Waals surface area contributed by atoms with E-state index in [-0.39, 0.29) is 5.54 Å². The van der Waals surface area contributed by atoms with Crippen LogP contribution < -0.4 is 5.32 Å². The van der Waals surface area contributed by atoms with E-state index in [0.29, 0.717) is 6.04 Å². The van der Waals surface area contributed by atoms with Crippen molar-refractivity contribution in [1.82, 2.24) is 10.2 Å². The molecule has 0 spiro atoms. The van der Waals surface area contributed by atoms with Gasteiger partial charge in [-0.05, 0) is 38.2 Å². The molecule has 0 aliphatic carbocycles.